The van der Waals surface area contributed by atoms with E-state index in [2.05, 4.69) is 9.97 Å². The van der Waals surface area contributed by atoms with E-state index in [1.807, 2.05) is 18.6 Å². The average molecular weight is 225 g/mol. The molecule has 0 saturated heterocycles. The van der Waals surface area contributed by atoms with Gasteiger partial charge in [-0.3, -0.25) is 4.98 Å². The molecule has 2 N–H and O–H groups in total. The SMILES string of the molecule is Cc1nc(-c2cncs2)sc1CCN. The number of nitrogens with two attached hydrogens (primary N) is 1. The summed E-state index contributed by atoms with van der Waals surface area (Å²) in [5.74, 6) is 0. The van der Waals surface area contributed by atoms with Gasteiger partial charge >= 0.3 is 0 Å². The average Bonchev–Trinajstić information content (AvgIpc) is 2.76. The summed E-state index contributed by atoms with van der Waals surface area (Å²) < 4.78 is 0. The predicted octanol–water partition coefficient (Wildman–Crippen LogP) is 2.08. The largest absolute Gasteiger partial charge is 0.330 e. The molecule has 2 heterocycles. The Labute approximate surface area is 90.6 Å². The molecule has 0 bridgehead atoms. The number of rotatable bonds is 3. The van der Waals surface area contributed by atoms with Crippen molar-refractivity contribution in [1.82, 2.24) is 9.97 Å². The van der Waals surface area contributed by atoms with Crippen molar-refractivity contribution in [3.63, 3.8) is 0 Å². The normalized spacial score (nSPS) is 10.7. The van der Waals surface area contributed by atoms with Crippen molar-refractivity contribution >= 4 is 22.7 Å². The fourth-order valence-corrected chi connectivity index (χ4v) is 2.97. The van der Waals surface area contributed by atoms with Crippen LogP contribution in [-0.4, -0.2) is 16.5 Å². The fraction of sp³-hybridized carbons (Fsp3) is 0.333. The lowest BCUT2D eigenvalue weighted by molar-refractivity contribution is 0.970. The number of aromatic nitrogens is 2. The zero-order valence-corrected chi connectivity index (χ0v) is 9.49. The standard InChI is InChI=1S/C9H11N3S2/c1-6-7(2-3-10)14-9(12-6)8-4-11-5-13-8/h4-5H,2-3,10H2,1H3. The minimum atomic E-state index is 0.686. The van der Waals surface area contributed by atoms with Gasteiger partial charge in [0.2, 0.25) is 0 Å². The molecule has 0 spiro atoms. The van der Waals surface area contributed by atoms with Crippen LogP contribution >= 0.6 is 22.7 Å². The predicted molar refractivity (Wildman–Crippen MR) is 60.7 cm³/mol. The minimum Gasteiger partial charge on any atom is -0.330 e. The Balaban J connectivity index is 2.33. The van der Waals surface area contributed by atoms with E-state index >= 15 is 0 Å². The van der Waals surface area contributed by atoms with E-state index < -0.39 is 0 Å². The third-order valence-electron chi connectivity index (χ3n) is 1.91. The Bertz CT molecular complexity index is 406. The Morgan fingerprint density at radius 3 is 3.00 bits per heavy atom. The van der Waals surface area contributed by atoms with Crippen molar-refractivity contribution < 1.29 is 0 Å². The maximum absolute atomic E-state index is 5.53. The van der Waals surface area contributed by atoms with Crippen molar-refractivity contribution in [3.8, 4) is 9.88 Å². The summed E-state index contributed by atoms with van der Waals surface area (Å²) in [7, 11) is 0. The molecule has 0 fully saturated rings. The molecule has 14 heavy (non-hydrogen) atoms. The van der Waals surface area contributed by atoms with Crippen LogP contribution in [0, 0.1) is 6.92 Å². The molecule has 3 nitrogen and oxygen atoms in total. The van der Waals surface area contributed by atoms with Crippen LogP contribution in [0.25, 0.3) is 9.88 Å². The lowest BCUT2D eigenvalue weighted by Crippen LogP contribution is -2.01. The van der Waals surface area contributed by atoms with Gasteiger partial charge in [-0.15, -0.1) is 22.7 Å². The highest BCUT2D eigenvalue weighted by Gasteiger charge is 2.09. The van der Waals surface area contributed by atoms with Gasteiger partial charge < -0.3 is 5.73 Å². The first-order valence-corrected chi connectivity index (χ1v) is 6.06. The molecule has 2 rings (SSSR count). The van der Waals surface area contributed by atoms with Crippen molar-refractivity contribution in [3.05, 3.63) is 22.3 Å². The van der Waals surface area contributed by atoms with E-state index in [0.29, 0.717) is 6.54 Å². The Hall–Kier alpha value is -0.780. The second kappa shape index (κ2) is 4.16. The zero-order valence-electron chi connectivity index (χ0n) is 7.86. The van der Waals surface area contributed by atoms with Crippen molar-refractivity contribution in [2.75, 3.05) is 6.54 Å². The molecule has 0 aromatic carbocycles. The summed E-state index contributed by atoms with van der Waals surface area (Å²) in [6.45, 7) is 2.72. The summed E-state index contributed by atoms with van der Waals surface area (Å²) in [4.78, 5) is 11.0. The van der Waals surface area contributed by atoms with E-state index in [-0.39, 0.29) is 0 Å². The molecule has 0 saturated carbocycles. The van der Waals surface area contributed by atoms with Crippen molar-refractivity contribution in [2.24, 2.45) is 5.73 Å². The number of hydrogen-bond acceptors (Lipinski definition) is 5. The molecular formula is C9H11N3S2. The molecule has 5 heteroatoms. The third kappa shape index (κ3) is 1.84. The fourth-order valence-electron chi connectivity index (χ4n) is 1.22. The first kappa shape index (κ1) is 9.76. The van der Waals surface area contributed by atoms with Gasteiger partial charge in [0.1, 0.15) is 5.01 Å². The number of thiazole rings is 2. The van der Waals surface area contributed by atoms with Crippen LogP contribution in [0.15, 0.2) is 11.7 Å². The molecule has 0 aliphatic heterocycles. The van der Waals surface area contributed by atoms with Gasteiger partial charge in [-0.25, -0.2) is 4.98 Å². The minimum absolute atomic E-state index is 0.686. The number of aryl methyl sites for hydroxylation is 1. The molecule has 2 aromatic rings. The Kier molecular flexibility index (Phi) is 2.90. The van der Waals surface area contributed by atoms with Crippen molar-refractivity contribution in [2.45, 2.75) is 13.3 Å². The van der Waals surface area contributed by atoms with Gasteiger partial charge in [-0.2, -0.15) is 0 Å². The molecule has 0 amide bonds. The molecule has 74 valence electrons. The summed E-state index contributed by atoms with van der Waals surface area (Å²) in [5, 5.41) is 1.06. The second-order valence-electron chi connectivity index (χ2n) is 2.93. The van der Waals surface area contributed by atoms with E-state index in [4.69, 9.17) is 5.73 Å². The van der Waals surface area contributed by atoms with Gasteiger partial charge in [0.15, 0.2) is 0 Å². The molecule has 0 atom stereocenters. The third-order valence-corrected chi connectivity index (χ3v) is 4.07. The van der Waals surface area contributed by atoms with E-state index in [9.17, 15) is 0 Å². The number of nitrogens with zero attached hydrogens (tertiary/aromatic N) is 2. The van der Waals surface area contributed by atoms with E-state index in [1.165, 1.54) is 4.88 Å². The highest BCUT2D eigenvalue weighted by Crippen LogP contribution is 2.30. The molecule has 0 aliphatic carbocycles. The highest BCUT2D eigenvalue weighted by molar-refractivity contribution is 7.20. The van der Waals surface area contributed by atoms with Crippen LogP contribution < -0.4 is 5.73 Å². The topological polar surface area (TPSA) is 51.8 Å². The van der Waals surface area contributed by atoms with Crippen LogP contribution in [0.5, 0.6) is 0 Å². The molecule has 0 unspecified atom stereocenters. The van der Waals surface area contributed by atoms with Crippen LogP contribution in [-0.2, 0) is 6.42 Å². The summed E-state index contributed by atoms with van der Waals surface area (Å²) in [5.41, 5.74) is 8.46. The summed E-state index contributed by atoms with van der Waals surface area (Å²) in [6, 6.07) is 0. The molecule has 2 aromatic heterocycles. The first-order valence-electron chi connectivity index (χ1n) is 4.36. The van der Waals surface area contributed by atoms with Gasteiger partial charge in [0.05, 0.1) is 16.1 Å². The highest BCUT2D eigenvalue weighted by atomic mass is 32.1. The molecule has 0 aliphatic rings. The zero-order chi connectivity index (χ0) is 9.97. The molecule has 0 radical (unpaired) electrons. The maximum atomic E-state index is 5.53. The summed E-state index contributed by atoms with van der Waals surface area (Å²) in [6.07, 6.45) is 2.78. The first-order chi connectivity index (χ1) is 6.81. The van der Waals surface area contributed by atoms with Gasteiger partial charge in [0.25, 0.3) is 0 Å². The van der Waals surface area contributed by atoms with Crippen molar-refractivity contribution in [1.29, 1.82) is 0 Å². The quantitative estimate of drug-likeness (QED) is 0.870. The monoisotopic (exact) mass is 225 g/mol. The van der Waals surface area contributed by atoms with Crippen LogP contribution in [0.1, 0.15) is 10.6 Å². The van der Waals surface area contributed by atoms with E-state index in [1.54, 1.807) is 22.7 Å². The molecular weight excluding hydrogens is 214 g/mol. The van der Waals surface area contributed by atoms with Crippen LogP contribution in [0.2, 0.25) is 0 Å². The van der Waals surface area contributed by atoms with E-state index in [0.717, 1.165) is 22.0 Å². The maximum Gasteiger partial charge on any atom is 0.135 e. The van der Waals surface area contributed by atoms with Gasteiger partial charge in [0, 0.05) is 11.1 Å². The lowest BCUT2D eigenvalue weighted by atomic mass is 10.3. The number of hydrogen-bond donors (Lipinski definition) is 1. The van der Waals surface area contributed by atoms with Crippen LogP contribution in [0.4, 0.5) is 0 Å². The smallest absolute Gasteiger partial charge is 0.135 e. The Morgan fingerprint density at radius 1 is 1.50 bits per heavy atom. The summed E-state index contributed by atoms with van der Waals surface area (Å²) >= 11 is 3.34. The van der Waals surface area contributed by atoms with Crippen LogP contribution in [0.3, 0.4) is 0 Å². The Morgan fingerprint density at radius 2 is 2.36 bits per heavy atom. The van der Waals surface area contributed by atoms with Gasteiger partial charge in [-0.05, 0) is 19.9 Å². The second-order valence-corrected chi connectivity index (χ2v) is 4.90. The van der Waals surface area contributed by atoms with Gasteiger partial charge in [-0.1, -0.05) is 0 Å². The lowest BCUT2D eigenvalue weighted by Gasteiger charge is -1.90.